The second kappa shape index (κ2) is 6.64. The molecule has 2 rings (SSSR count). The number of carbonyl (C=O) groups is 1. The molecular formula is C13H17F3N2O2S. The van der Waals surface area contributed by atoms with E-state index in [0.29, 0.717) is 19.5 Å². The maximum atomic E-state index is 12.6. The third-order valence-electron chi connectivity index (χ3n) is 3.58. The molecule has 1 fully saturated rings. The summed E-state index contributed by atoms with van der Waals surface area (Å²) in [4.78, 5) is 17.3. The Morgan fingerprint density at radius 1 is 1.48 bits per heavy atom. The quantitative estimate of drug-likeness (QED) is 0.799. The number of nitrogens with zero attached hydrogens (tertiary/aromatic N) is 2. The summed E-state index contributed by atoms with van der Waals surface area (Å²) in [5.74, 6) is -1.50. The van der Waals surface area contributed by atoms with E-state index in [1.165, 1.54) is 18.4 Å². The van der Waals surface area contributed by atoms with Gasteiger partial charge in [0.1, 0.15) is 0 Å². The maximum Gasteiger partial charge on any atom is 0.391 e. The second-order valence-electron chi connectivity index (χ2n) is 5.00. The van der Waals surface area contributed by atoms with Crippen LogP contribution in [0.15, 0.2) is 5.38 Å². The zero-order valence-corrected chi connectivity index (χ0v) is 12.5. The zero-order valence-electron chi connectivity index (χ0n) is 11.7. The summed E-state index contributed by atoms with van der Waals surface area (Å²) in [5.41, 5.74) is 0.776. The number of aromatic nitrogens is 1. The van der Waals surface area contributed by atoms with Gasteiger partial charge in [-0.25, -0.2) is 4.98 Å². The summed E-state index contributed by atoms with van der Waals surface area (Å²) in [6, 6.07) is 0. The van der Waals surface area contributed by atoms with E-state index >= 15 is 0 Å². The minimum absolute atomic E-state index is 0.112. The van der Waals surface area contributed by atoms with E-state index < -0.39 is 12.1 Å². The third-order valence-corrected chi connectivity index (χ3v) is 4.53. The molecule has 0 amide bonds. The van der Waals surface area contributed by atoms with E-state index in [-0.39, 0.29) is 25.2 Å². The van der Waals surface area contributed by atoms with E-state index in [1.807, 2.05) is 10.3 Å². The lowest BCUT2D eigenvalue weighted by molar-refractivity contribution is -0.179. The molecule has 0 aliphatic carbocycles. The molecule has 0 N–H and O–H groups in total. The van der Waals surface area contributed by atoms with Crippen molar-refractivity contribution in [2.45, 2.75) is 31.9 Å². The number of methoxy groups -OCH3 is 1. The van der Waals surface area contributed by atoms with Crippen LogP contribution in [0.4, 0.5) is 18.3 Å². The van der Waals surface area contributed by atoms with Gasteiger partial charge in [0.05, 0.1) is 25.1 Å². The van der Waals surface area contributed by atoms with Gasteiger partial charge in [-0.3, -0.25) is 4.79 Å². The largest absolute Gasteiger partial charge is 0.469 e. The molecule has 2 heterocycles. The van der Waals surface area contributed by atoms with Crippen LogP contribution in [0.3, 0.4) is 0 Å². The molecule has 1 saturated heterocycles. The van der Waals surface area contributed by atoms with Gasteiger partial charge in [-0.1, -0.05) is 0 Å². The number of aryl methyl sites for hydroxylation is 1. The molecule has 1 aromatic rings. The Labute approximate surface area is 124 Å². The molecule has 1 aliphatic heterocycles. The first-order chi connectivity index (χ1) is 9.90. The van der Waals surface area contributed by atoms with Crippen LogP contribution < -0.4 is 4.90 Å². The number of ether oxygens (including phenoxy) is 1. The van der Waals surface area contributed by atoms with Crippen molar-refractivity contribution < 1.29 is 22.7 Å². The van der Waals surface area contributed by atoms with Gasteiger partial charge in [0, 0.05) is 24.9 Å². The first kappa shape index (κ1) is 16.1. The highest BCUT2D eigenvalue weighted by Gasteiger charge is 2.41. The minimum atomic E-state index is -4.10. The van der Waals surface area contributed by atoms with Crippen LogP contribution in [0.2, 0.25) is 0 Å². The Balaban J connectivity index is 1.87. The third kappa shape index (κ3) is 4.33. The molecular weight excluding hydrogens is 305 g/mol. The van der Waals surface area contributed by atoms with E-state index in [2.05, 4.69) is 9.72 Å². The predicted molar refractivity (Wildman–Crippen MR) is 73.4 cm³/mol. The van der Waals surface area contributed by atoms with Crippen LogP contribution in [-0.4, -0.2) is 37.3 Å². The summed E-state index contributed by atoms with van der Waals surface area (Å²) >= 11 is 1.41. The van der Waals surface area contributed by atoms with E-state index in [9.17, 15) is 18.0 Å². The predicted octanol–water partition coefficient (Wildman–Crippen LogP) is 3.03. The van der Waals surface area contributed by atoms with Crippen molar-refractivity contribution in [2.75, 3.05) is 25.1 Å². The van der Waals surface area contributed by atoms with Gasteiger partial charge in [0.25, 0.3) is 0 Å². The van der Waals surface area contributed by atoms with Crippen molar-refractivity contribution in [3.05, 3.63) is 11.1 Å². The monoisotopic (exact) mass is 322 g/mol. The van der Waals surface area contributed by atoms with Crippen molar-refractivity contribution in [1.82, 2.24) is 4.98 Å². The molecule has 0 atom stereocenters. The fraction of sp³-hybridized carbons (Fsp3) is 0.692. The van der Waals surface area contributed by atoms with Crippen LogP contribution in [0, 0.1) is 5.92 Å². The number of carbonyl (C=O) groups excluding carboxylic acids is 1. The molecule has 0 spiro atoms. The lowest BCUT2D eigenvalue weighted by Crippen LogP contribution is -2.38. The van der Waals surface area contributed by atoms with Crippen LogP contribution in [0.5, 0.6) is 0 Å². The van der Waals surface area contributed by atoms with Crippen molar-refractivity contribution in [3.63, 3.8) is 0 Å². The molecule has 0 unspecified atom stereocenters. The van der Waals surface area contributed by atoms with Gasteiger partial charge in [0.15, 0.2) is 5.13 Å². The van der Waals surface area contributed by atoms with Gasteiger partial charge < -0.3 is 9.64 Å². The average Bonchev–Trinajstić information content (AvgIpc) is 2.93. The molecule has 0 aromatic carbocycles. The Morgan fingerprint density at radius 3 is 2.71 bits per heavy atom. The maximum absolute atomic E-state index is 12.6. The lowest BCUT2D eigenvalue weighted by atomic mass is 9.97. The van der Waals surface area contributed by atoms with Gasteiger partial charge in [-0.2, -0.15) is 13.2 Å². The molecule has 1 aliphatic rings. The van der Waals surface area contributed by atoms with Gasteiger partial charge in [0.2, 0.25) is 0 Å². The fourth-order valence-corrected chi connectivity index (χ4v) is 3.20. The molecule has 21 heavy (non-hydrogen) atoms. The number of thiazole rings is 1. The van der Waals surface area contributed by atoms with Crippen LogP contribution >= 0.6 is 11.3 Å². The van der Waals surface area contributed by atoms with Gasteiger partial charge in [-0.15, -0.1) is 11.3 Å². The molecule has 4 nitrogen and oxygen atoms in total. The molecule has 0 radical (unpaired) electrons. The molecule has 8 heteroatoms. The Morgan fingerprint density at radius 2 is 2.14 bits per heavy atom. The lowest BCUT2D eigenvalue weighted by Gasteiger charge is -2.32. The number of piperidine rings is 1. The number of alkyl halides is 3. The van der Waals surface area contributed by atoms with Crippen molar-refractivity contribution in [2.24, 2.45) is 5.92 Å². The molecule has 0 bridgehead atoms. The minimum Gasteiger partial charge on any atom is -0.469 e. The summed E-state index contributed by atoms with van der Waals surface area (Å²) in [5, 5.41) is 2.57. The number of hydrogen-bond donors (Lipinski definition) is 0. The smallest absolute Gasteiger partial charge is 0.391 e. The van der Waals surface area contributed by atoms with Crippen LogP contribution in [0.25, 0.3) is 0 Å². The Kier molecular flexibility index (Phi) is 5.08. The van der Waals surface area contributed by atoms with Gasteiger partial charge >= 0.3 is 12.1 Å². The van der Waals surface area contributed by atoms with Gasteiger partial charge in [-0.05, 0) is 12.8 Å². The van der Waals surface area contributed by atoms with E-state index in [0.717, 1.165) is 10.8 Å². The van der Waals surface area contributed by atoms with E-state index in [4.69, 9.17) is 0 Å². The van der Waals surface area contributed by atoms with Crippen LogP contribution in [-0.2, 0) is 16.0 Å². The number of esters is 1. The first-order valence-corrected chi connectivity index (χ1v) is 7.61. The fourth-order valence-electron chi connectivity index (χ4n) is 2.29. The van der Waals surface area contributed by atoms with Crippen LogP contribution in [0.1, 0.15) is 25.0 Å². The topological polar surface area (TPSA) is 42.4 Å². The average molecular weight is 322 g/mol. The Hall–Kier alpha value is -1.31. The highest BCUT2D eigenvalue weighted by Crippen LogP contribution is 2.35. The Bertz CT molecular complexity index is 482. The number of rotatable bonds is 4. The summed E-state index contributed by atoms with van der Waals surface area (Å²) in [6.45, 7) is 0.738. The molecule has 1 aromatic heterocycles. The first-order valence-electron chi connectivity index (χ1n) is 6.73. The van der Waals surface area contributed by atoms with Crippen molar-refractivity contribution in [1.29, 1.82) is 0 Å². The van der Waals surface area contributed by atoms with Crippen molar-refractivity contribution >= 4 is 22.4 Å². The second-order valence-corrected chi connectivity index (χ2v) is 5.84. The van der Waals surface area contributed by atoms with Crippen molar-refractivity contribution in [3.8, 4) is 0 Å². The highest BCUT2D eigenvalue weighted by atomic mass is 32.1. The SMILES string of the molecule is COC(=O)CCc1csc(N2CCC(C(F)(F)F)CC2)n1. The summed E-state index contributed by atoms with van der Waals surface area (Å²) in [6.07, 6.45) is -3.13. The highest BCUT2D eigenvalue weighted by molar-refractivity contribution is 7.13. The number of hydrogen-bond acceptors (Lipinski definition) is 5. The molecule has 0 saturated carbocycles. The zero-order chi connectivity index (χ0) is 15.5. The standard InChI is InChI=1S/C13H17F3N2O2S/c1-20-11(19)3-2-10-8-21-12(17-10)18-6-4-9(5-7-18)13(14,15)16/h8-9H,2-7H2,1H3. The summed E-state index contributed by atoms with van der Waals surface area (Å²) < 4.78 is 42.4. The normalized spacial score (nSPS) is 17.0. The number of anilines is 1. The summed E-state index contributed by atoms with van der Waals surface area (Å²) in [7, 11) is 1.33. The van der Waals surface area contributed by atoms with E-state index in [1.54, 1.807) is 0 Å². The molecule has 118 valence electrons. The number of halogens is 3.